The van der Waals surface area contributed by atoms with Gasteiger partial charge in [0, 0.05) is 23.7 Å². The number of carbonyl (C=O) groups is 2. The summed E-state index contributed by atoms with van der Waals surface area (Å²) in [6, 6.07) is 9.37. The molecular formula is C18H23N3O3S. The lowest BCUT2D eigenvalue weighted by Gasteiger charge is -2.34. The number of anilines is 1. The minimum absolute atomic E-state index is 0.0759. The van der Waals surface area contributed by atoms with Crippen LogP contribution in [0.5, 0.6) is 0 Å². The van der Waals surface area contributed by atoms with E-state index in [2.05, 4.69) is 11.4 Å². The van der Waals surface area contributed by atoms with Crippen molar-refractivity contribution in [2.75, 3.05) is 24.2 Å². The second-order valence-corrected chi connectivity index (χ2v) is 7.61. The largest absolute Gasteiger partial charge is 0.481 e. The number of likely N-dealkylation sites (tertiary alicyclic amines) is 1. The van der Waals surface area contributed by atoms with Crippen LogP contribution in [-0.4, -0.2) is 40.8 Å². The van der Waals surface area contributed by atoms with E-state index in [9.17, 15) is 14.7 Å². The topological polar surface area (TPSA) is 93.4 Å². The maximum atomic E-state index is 12.6. The molecule has 1 heterocycles. The summed E-state index contributed by atoms with van der Waals surface area (Å²) in [6.45, 7) is 4.60. The lowest BCUT2D eigenvalue weighted by Crippen LogP contribution is -2.47. The van der Waals surface area contributed by atoms with E-state index in [1.807, 2.05) is 38.1 Å². The zero-order valence-corrected chi connectivity index (χ0v) is 15.3. The lowest BCUT2D eigenvalue weighted by molar-refractivity contribution is -0.143. The molecule has 1 aliphatic heterocycles. The number of para-hydroxylation sites is 1. The van der Waals surface area contributed by atoms with Crippen LogP contribution >= 0.6 is 11.8 Å². The molecule has 0 aromatic heterocycles. The monoisotopic (exact) mass is 361 g/mol. The third-order valence-corrected chi connectivity index (χ3v) is 5.47. The van der Waals surface area contributed by atoms with Gasteiger partial charge in [0.25, 0.3) is 0 Å². The second kappa shape index (κ2) is 8.77. The minimum Gasteiger partial charge on any atom is -0.481 e. The van der Waals surface area contributed by atoms with Gasteiger partial charge in [0.2, 0.25) is 0 Å². The summed E-state index contributed by atoms with van der Waals surface area (Å²) in [7, 11) is 0. The van der Waals surface area contributed by atoms with E-state index in [4.69, 9.17) is 5.26 Å². The Balaban J connectivity index is 2.05. The van der Waals surface area contributed by atoms with Gasteiger partial charge in [-0.15, -0.1) is 11.8 Å². The molecule has 1 aliphatic rings. The molecule has 1 aromatic rings. The van der Waals surface area contributed by atoms with E-state index in [-0.39, 0.29) is 24.4 Å². The number of hydrogen-bond donors (Lipinski definition) is 2. The summed E-state index contributed by atoms with van der Waals surface area (Å²) in [4.78, 5) is 26.3. The predicted molar refractivity (Wildman–Crippen MR) is 97.4 cm³/mol. The molecule has 0 radical (unpaired) electrons. The van der Waals surface area contributed by atoms with E-state index < -0.39 is 11.9 Å². The number of nitrogens with one attached hydrogen (secondary N) is 1. The molecule has 3 unspecified atom stereocenters. The van der Waals surface area contributed by atoms with Crippen LogP contribution in [-0.2, 0) is 4.79 Å². The summed E-state index contributed by atoms with van der Waals surface area (Å²) < 4.78 is 0. The van der Waals surface area contributed by atoms with Crippen molar-refractivity contribution in [1.82, 2.24) is 4.90 Å². The highest BCUT2D eigenvalue weighted by Crippen LogP contribution is 2.29. The molecule has 1 saturated heterocycles. The van der Waals surface area contributed by atoms with Gasteiger partial charge >= 0.3 is 12.0 Å². The fraction of sp³-hybridized carbons (Fsp3) is 0.500. The van der Waals surface area contributed by atoms with Crippen LogP contribution < -0.4 is 5.32 Å². The van der Waals surface area contributed by atoms with E-state index >= 15 is 0 Å². The minimum atomic E-state index is -0.856. The second-order valence-electron chi connectivity index (χ2n) is 6.55. The molecule has 0 spiro atoms. The van der Waals surface area contributed by atoms with E-state index in [1.165, 1.54) is 11.8 Å². The van der Waals surface area contributed by atoms with Crippen LogP contribution in [0.25, 0.3) is 0 Å². The number of carbonyl (C=O) groups excluding carboxylic acids is 1. The van der Waals surface area contributed by atoms with Crippen LogP contribution in [0.2, 0.25) is 0 Å². The number of amides is 2. The number of nitrogens with zero attached hydrogens (tertiary/aromatic N) is 2. The quantitative estimate of drug-likeness (QED) is 0.783. The van der Waals surface area contributed by atoms with Crippen molar-refractivity contribution >= 4 is 29.4 Å². The Morgan fingerprint density at radius 2 is 2.16 bits per heavy atom. The van der Waals surface area contributed by atoms with Crippen LogP contribution in [0.3, 0.4) is 0 Å². The number of hydrogen-bond acceptors (Lipinski definition) is 4. The molecule has 1 aromatic carbocycles. The number of nitriles is 1. The van der Waals surface area contributed by atoms with Crippen molar-refractivity contribution in [3.05, 3.63) is 24.3 Å². The van der Waals surface area contributed by atoms with Gasteiger partial charge in [0.1, 0.15) is 0 Å². The molecule has 2 rings (SSSR count). The third kappa shape index (κ3) is 5.40. The summed E-state index contributed by atoms with van der Waals surface area (Å²) >= 11 is 1.52. The molecule has 2 N–H and O–H groups in total. The Morgan fingerprint density at radius 3 is 2.84 bits per heavy atom. The number of carboxylic acid groups (broad SMARTS) is 1. The zero-order chi connectivity index (χ0) is 18.4. The first-order valence-electron chi connectivity index (χ1n) is 8.30. The fourth-order valence-electron chi connectivity index (χ4n) is 2.84. The smallest absolute Gasteiger partial charge is 0.321 e. The Hall–Kier alpha value is -2.20. The first-order valence-corrected chi connectivity index (χ1v) is 9.29. The Bertz CT molecular complexity index is 674. The molecule has 7 heteroatoms. The molecule has 134 valence electrons. The summed E-state index contributed by atoms with van der Waals surface area (Å²) in [5, 5.41) is 21.0. The Kier molecular flexibility index (Phi) is 6.71. The number of benzene rings is 1. The number of piperidine rings is 1. The highest BCUT2D eigenvalue weighted by atomic mass is 32.2. The van der Waals surface area contributed by atoms with Crippen molar-refractivity contribution in [3.8, 4) is 6.07 Å². The van der Waals surface area contributed by atoms with Crippen LogP contribution in [0.4, 0.5) is 10.5 Å². The number of aliphatic carboxylic acids is 1. The highest BCUT2D eigenvalue weighted by Gasteiger charge is 2.32. The van der Waals surface area contributed by atoms with Gasteiger partial charge in [-0.2, -0.15) is 5.26 Å². The first-order chi connectivity index (χ1) is 11.9. The third-order valence-electron chi connectivity index (χ3n) is 4.13. The molecule has 6 nitrogen and oxygen atoms in total. The summed E-state index contributed by atoms with van der Waals surface area (Å²) in [5.74, 6) is -0.651. The SMILES string of the molecule is CC(C#N)CSc1ccccc1NC(=O)N1CC(C)CC(C(=O)O)C1. The maximum Gasteiger partial charge on any atom is 0.321 e. The van der Waals surface area contributed by atoms with Gasteiger partial charge in [-0.1, -0.05) is 19.1 Å². The van der Waals surface area contributed by atoms with Gasteiger partial charge in [-0.25, -0.2) is 4.79 Å². The van der Waals surface area contributed by atoms with Crippen molar-refractivity contribution < 1.29 is 14.7 Å². The molecule has 25 heavy (non-hydrogen) atoms. The van der Waals surface area contributed by atoms with Crippen LogP contribution in [0, 0.1) is 29.1 Å². The van der Waals surface area contributed by atoms with Crippen molar-refractivity contribution in [2.45, 2.75) is 25.2 Å². The van der Waals surface area contributed by atoms with Gasteiger partial charge < -0.3 is 15.3 Å². The van der Waals surface area contributed by atoms with Gasteiger partial charge in [0.05, 0.1) is 23.6 Å². The van der Waals surface area contributed by atoms with Crippen LogP contribution in [0.15, 0.2) is 29.2 Å². The normalized spacial score (nSPS) is 21.2. The molecular weight excluding hydrogens is 338 g/mol. The fourth-order valence-corrected chi connectivity index (χ4v) is 3.79. The van der Waals surface area contributed by atoms with Crippen molar-refractivity contribution in [2.24, 2.45) is 17.8 Å². The first kappa shape index (κ1) is 19.1. The van der Waals surface area contributed by atoms with Gasteiger partial charge in [-0.05, 0) is 31.4 Å². The average Bonchev–Trinajstić information content (AvgIpc) is 2.60. The highest BCUT2D eigenvalue weighted by molar-refractivity contribution is 7.99. The summed E-state index contributed by atoms with van der Waals surface area (Å²) in [5.41, 5.74) is 0.688. The Labute approximate surface area is 152 Å². The van der Waals surface area contributed by atoms with Crippen LogP contribution in [0.1, 0.15) is 20.3 Å². The van der Waals surface area contributed by atoms with Gasteiger partial charge in [0.15, 0.2) is 0 Å². The van der Waals surface area contributed by atoms with E-state index in [1.54, 1.807) is 4.90 Å². The molecule has 0 bridgehead atoms. The lowest BCUT2D eigenvalue weighted by atomic mass is 9.91. The van der Waals surface area contributed by atoms with Crippen molar-refractivity contribution in [1.29, 1.82) is 5.26 Å². The van der Waals surface area contributed by atoms with Gasteiger partial charge in [-0.3, -0.25) is 4.79 Å². The molecule has 3 atom stereocenters. The maximum absolute atomic E-state index is 12.6. The molecule has 1 fully saturated rings. The van der Waals surface area contributed by atoms with Crippen molar-refractivity contribution in [3.63, 3.8) is 0 Å². The Morgan fingerprint density at radius 1 is 1.44 bits per heavy atom. The molecule has 0 aliphatic carbocycles. The molecule has 2 amide bonds. The summed E-state index contributed by atoms with van der Waals surface area (Å²) in [6.07, 6.45) is 0.595. The standard InChI is InChI=1S/C18H23N3O3S/c1-12-7-14(17(22)23)10-21(9-12)18(24)20-15-5-3-4-6-16(15)25-11-13(2)8-19/h3-6,12-14H,7,9-11H2,1-2H3,(H,20,24)(H,22,23). The number of urea groups is 1. The predicted octanol–water partition coefficient (Wildman–Crippen LogP) is 3.51. The van der Waals surface area contributed by atoms with E-state index in [0.717, 1.165) is 4.90 Å². The average molecular weight is 361 g/mol. The number of thioether (sulfide) groups is 1. The zero-order valence-electron chi connectivity index (χ0n) is 14.4. The van der Waals surface area contributed by atoms with E-state index in [0.29, 0.717) is 24.4 Å². The molecule has 0 saturated carbocycles. The number of carboxylic acids is 1. The number of rotatable bonds is 5.